The zero-order valence-corrected chi connectivity index (χ0v) is 11.7. The van der Waals surface area contributed by atoms with Gasteiger partial charge in [-0.25, -0.2) is 4.79 Å². The van der Waals surface area contributed by atoms with E-state index < -0.39 is 5.54 Å². The van der Waals surface area contributed by atoms with Crippen molar-refractivity contribution in [1.29, 1.82) is 0 Å². The molecular formula is C13H16N4OS. The van der Waals surface area contributed by atoms with Crippen LogP contribution in [0.4, 0.5) is 9.93 Å². The summed E-state index contributed by atoms with van der Waals surface area (Å²) in [5.74, 6) is 0. The minimum atomic E-state index is -0.407. The fraction of sp³-hybridized carbons (Fsp3) is 0.308. The van der Waals surface area contributed by atoms with Crippen LogP contribution < -0.4 is 10.6 Å². The lowest BCUT2D eigenvalue weighted by molar-refractivity contribution is 0.238. The number of carbonyl (C=O) groups is 1. The van der Waals surface area contributed by atoms with E-state index in [1.807, 2.05) is 44.2 Å². The molecule has 1 aromatic heterocycles. The summed E-state index contributed by atoms with van der Waals surface area (Å²) in [6.45, 7) is 4.04. The van der Waals surface area contributed by atoms with Crippen molar-refractivity contribution in [2.45, 2.75) is 25.8 Å². The van der Waals surface area contributed by atoms with E-state index in [0.29, 0.717) is 5.13 Å². The highest BCUT2D eigenvalue weighted by Gasteiger charge is 2.26. The number of anilines is 1. The Balaban J connectivity index is 2.08. The van der Waals surface area contributed by atoms with Crippen molar-refractivity contribution in [3.05, 3.63) is 41.4 Å². The van der Waals surface area contributed by atoms with E-state index in [1.54, 1.807) is 5.51 Å². The third-order valence-corrected chi connectivity index (χ3v) is 3.69. The Labute approximate surface area is 116 Å². The van der Waals surface area contributed by atoms with Gasteiger partial charge in [-0.15, -0.1) is 10.2 Å². The number of nitrogens with one attached hydrogen (secondary N) is 2. The standard InChI is InChI=1S/C13H16N4OS/c1-3-13(2,10-7-5-4-6-8-10)16-11(18)15-12-17-14-9-19-12/h4-9H,3H2,1-2H3,(H2,15,16,17,18)/t13-/m0/s1. The minimum absolute atomic E-state index is 0.273. The summed E-state index contributed by atoms with van der Waals surface area (Å²) in [4.78, 5) is 12.0. The second kappa shape index (κ2) is 5.79. The molecule has 0 aliphatic carbocycles. The molecule has 0 bridgehead atoms. The van der Waals surface area contributed by atoms with E-state index in [-0.39, 0.29) is 6.03 Å². The predicted octanol–water partition coefficient (Wildman–Crippen LogP) is 2.99. The maximum Gasteiger partial charge on any atom is 0.321 e. The molecule has 0 fully saturated rings. The van der Waals surface area contributed by atoms with Crippen molar-refractivity contribution in [3.63, 3.8) is 0 Å². The van der Waals surface area contributed by atoms with Gasteiger partial charge in [-0.05, 0) is 18.9 Å². The van der Waals surface area contributed by atoms with E-state index in [0.717, 1.165) is 12.0 Å². The number of hydrogen-bond donors (Lipinski definition) is 2. The van der Waals surface area contributed by atoms with Gasteiger partial charge in [0.1, 0.15) is 5.51 Å². The Kier molecular flexibility index (Phi) is 4.11. The van der Waals surface area contributed by atoms with E-state index in [9.17, 15) is 4.79 Å². The Morgan fingerprint density at radius 3 is 2.68 bits per heavy atom. The van der Waals surface area contributed by atoms with Gasteiger partial charge in [-0.2, -0.15) is 0 Å². The number of hydrogen-bond acceptors (Lipinski definition) is 4. The van der Waals surface area contributed by atoms with E-state index >= 15 is 0 Å². The molecule has 100 valence electrons. The molecule has 2 aromatic rings. The molecule has 2 N–H and O–H groups in total. The lowest BCUT2D eigenvalue weighted by Crippen LogP contribution is -2.45. The maximum atomic E-state index is 12.0. The number of nitrogens with zero attached hydrogens (tertiary/aromatic N) is 2. The Morgan fingerprint density at radius 1 is 1.37 bits per heavy atom. The zero-order chi connectivity index (χ0) is 13.7. The van der Waals surface area contributed by atoms with Gasteiger partial charge in [-0.1, -0.05) is 48.6 Å². The third kappa shape index (κ3) is 3.29. The van der Waals surface area contributed by atoms with E-state index in [1.165, 1.54) is 11.3 Å². The summed E-state index contributed by atoms with van der Waals surface area (Å²) in [7, 11) is 0. The second-order valence-corrected chi connectivity index (χ2v) is 5.21. The zero-order valence-electron chi connectivity index (χ0n) is 10.9. The summed E-state index contributed by atoms with van der Waals surface area (Å²) < 4.78 is 0. The molecule has 5 nitrogen and oxygen atoms in total. The number of benzene rings is 1. The molecule has 0 unspecified atom stereocenters. The van der Waals surface area contributed by atoms with Gasteiger partial charge in [0.05, 0.1) is 5.54 Å². The average Bonchev–Trinajstić information content (AvgIpc) is 2.92. The molecule has 1 heterocycles. The Bertz CT molecular complexity index is 529. The molecule has 1 aromatic carbocycles. The second-order valence-electron chi connectivity index (χ2n) is 4.37. The van der Waals surface area contributed by atoms with Crippen LogP contribution in [0.25, 0.3) is 0 Å². The van der Waals surface area contributed by atoms with Crippen molar-refractivity contribution < 1.29 is 4.79 Å². The minimum Gasteiger partial charge on any atom is -0.329 e. The summed E-state index contributed by atoms with van der Waals surface area (Å²) in [6, 6.07) is 9.64. The van der Waals surface area contributed by atoms with Crippen LogP contribution >= 0.6 is 11.3 Å². The highest BCUT2D eigenvalue weighted by Crippen LogP contribution is 2.24. The van der Waals surface area contributed by atoms with Crippen LogP contribution in [0, 0.1) is 0 Å². The largest absolute Gasteiger partial charge is 0.329 e. The summed E-state index contributed by atoms with van der Waals surface area (Å²) >= 11 is 1.29. The molecule has 2 rings (SSSR count). The van der Waals surface area contributed by atoms with Gasteiger partial charge in [-0.3, -0.25) is 5.32 Å². The van der Waals surface area contributed by atoms with Gasteiger partial charge in [0.2, 0.25) is 5.13 Å². The molecule has 0 aliphatic rings. The molecule has 0 aliphatic heterocycles. The number of rotatable bonds is 4. The summed E-state index contributed by atoms with van der Waals surface area (Å²) in [6.07, 6.45) is 0.792. The molecule has 1 atom stereocenters. The third-order valence-electron chi connectivity index (χ3n) is 3.09. The highest BCUT2D eigenvalue weighted by atomic mass is 32.1. The van der Waals surface area contributed by atoms with Crippen LogP contribution in [0.3, 0.4) is 0 Å². The fourth-order valence-corrected chi connectivity index (χ4v) is 2.22. The lowest BCUT2D eigenvalue weighted by Gasteiger charge is -2.30. The van der Waals surface area contributed by atoms with Crippen molar-refractivity contribution in [2.24, 2.45) is 0 Å². The fourth-order valence-electron chi connectivity index (χ4n) is 1.78. The first-order valence-electron chi connectivity index (χ1n) is 6.05. The van der Waals surface area contributed by atoms with Gasteiger partial charge in [0.25, 0.3) is 0 Å². The van der Waals surface area contributed by atoms with Gasteiger partial charge in [0.15, 0.2) is 0 Å². The van der Waals surface area contributed by atoms with Crippen LogP contribution in [0.1, 0.15) is 25.8 Å². The number of aromatic nitrogens is 2. The summed E-state index contributed by atoms with van der Waals surface area (Å²) in [5.41, 5.74) is 2.24. The number of carbonyl (C=O) groups excluding carboxylic acids is 1. The highest BCUT2D eigenvalue weighted by molar-refractivity contribution is 7.13. The molecule has 2 amide bonds. The van der Waals surface area contributed by atoms with Crippen LogP contribution in [0.2, 0.25) is 0 Å². The predicted molar refractivity (Wildman–Crippen MR) is 76.1 cm³/mol. The van der Waals surface area contributed by atoms with Crippen molar-refractivity contribution in [1.82, 2.24) is 15.5 Å². The SMILES string of the molecule is CC[C@](C)(NC(=O)Nc1nncs1)c1ccccc1. The molecule has 0 saturated carbocycles. The van der Waals surface area contributed by atoms with Crippen molar-refractivity contribution in [3.8, 4) is 0 Å². The first kappa shape index (κ1) is 13.5. The molecule has 0 spiro atoms. The van der Waals surface area contributed by atoms with E-state index in [4.69, 9.17) is 0 Å². The first-order chi connectivity index (χ1) is 9.14. The van der Waals surface area contributed by atoms with Crippen LogP contribution in [0.5, 0.6) is 0 Å². The number of amides is 2. The normalized spacial score (nSPS) is 13.6. The van der Waals surface area contributed by atoms with Gasteiger partial charge >= 0.3 is 6.03 Å². The van der Waals surface area contributed by atoms with Crippen LogP contribution in [-0.4, -0.2) is 16.2 Å². The molecule has 0 radical (unpaired) electrons. The monoisotopic (exact) mass is 276 g/mol. The Morgan fingerprint density at radius 2 is 2.11 bits per heavy atom. The topological polar surface area (TPSA) is 66.9 Å². The lowest BCUT2D eigenvalue weighted by atomic mass is 9.89. The van der Waals surface area contributed by atoms with Gasteiger partial charge in [0, 0.05) is 0 Å². The quantitative estimate of drug-likeness (QED) is 0.902. The molecule has 19 heavy (non-hydrogen) atoms. The van der Waals surface area contributed by atoms with E-state index in [2.05, 4.69) is 20.8 Å². The maximum absolute atomic E-state index is 12.0. The van der Waals surface area contributed by atoms with Gasteiger partial charge < -0.3 is 5.32 Å². The average molecular weight is 276 g/mol. The Hall–Kier alpha value is -1.95. The number of urea groups is 1. The molecular weight excluding hydrogens is 260 g/mol. The smallest absolute Gasteiger partial charge is 0.321 e. The van der Waals surface area contributed by atoms with Crippen molar-refractivity contribution >= 4 is 22.5 Å². The molecule has 6 heteroatoms. The van der Waals surface area contributed by atoms with Crippen LogP contribution in [0.15, 0.2) is 35.8 Å². The van der Waals surface area contributed by atoms with Crippen LogP contribution in [-0.2, 0) is 5.54 Å². The van der Waals surface area contributed by atoms with Crippen molar-refractivity contribution in [2.75, 3.05) is 5.32 Å². The summed E-state index contributed by atoms with van der Waals surface area (Å²) in [5, 5.41) is 13.6. The first-order valence-corrected chi connectivity index (χ1v) is 6.93. The molecule has 0 saturated heterocycles.